The molecule has 0 saturated carbocycles. The Hall–Kier alpha value is -1.40. The minimum atomic E-state index is -0.0283. The topological polar surface area (TPSA) is 54.9 Å². The summed E-state index contributed by atoms with van der Waals surface area (Å²) in [5.74, 6) is 1.22. The van der Waals surface area contributed by atoms with Crippen LogP contribution in [0.1, 0.15) is 31.3 Å². The van der Waals surface area contributed by atoms with Gasteiger partial charge in [0.1, 0.15) is 5.01 Å². The van der Waals surface area contributed by atoms with Crippen molar-refractivity contribution in [1.82, 2.24) is 10.2 Å². The lowest BCUT2D eigenvalue weighted by Gasteiger charge is -2.14. The molecule has 118 valence electrons. The van der Waals surface area contributed by atoms with Crippen LogP contribution in [-0.2, 0) is 17.0 Å². The van der Waals surface area contributed by atoms with Gasteiger partial charge in [-0.05, 0) is 11.0 Å². The van der Waals surface area contributed by atoms with E-state index in [1.807, 2.05) is 18.2 Å². The molecule has 0 unspecified atom stereocenters. The molecule has 1 N–H and O–H groups in total. The highest BCUT2D eigenvalue weighted by Crippen LogP contribution is 2.24. The summed E-state index contributed by atoms with van der Waals surface area (Å²) >= 11 is 3.05. The fourth-order valence-electron chi connectivity index (χ4n) is 1.82. The Kier molecular flexibility index (Phi) is 5.97. The summed E-state index contributed by atoms with van der Waals surface area (Å²) in [5, 5.41) is 12.5. The van der Waals surface area contributed by atoms with E-state index in [-0.39, 0.29) is 11.3 Å². The van der Waals surface area contributed by atoms with Gasteiger partial charge in [0.05, 0.1) is 5.75 Å². The van der Waals surface area contributed by atoms with E-state index in [4.69, 9.17) is 0 Å². The van der Waals surface area contributed by atoms with Gasteiger partial charge >= 0.3 is 0 Å². The van der Waals surface area contributed by atoms with Crippen molar-refractivity contribution in [3.05, 3.63) is 40.9 Å². The Balaban J connectivity index is 1.75. The molecule has 0 fully saturated rings. The molecule has 2 aromatic rings. The van der Waals surface area contributed by atoms with Crippen LogP contribution in [0, 0.1) is 5.41 Å². The number of carbonyl (C=O) groups excluding carboxylic acids is 1. The second-order valence-corrected chi connectivity index (χ2v) is 8.31. The summed E-state index contributed by atoms with van der Waals surface area (Å²) in [6, 6.07) is 10.1. The van der Waals surface area contributed by atoms with Crippen molar-refractivity contribution >= 4 is 34.1 Å². The zero-order valence-electron chi connectivity index (χ0n) is 13.1. The molecule has 1 aromatic carbocycles. The SMILES string of the molecule is CC(C)(C)Cc1nnc(NC(=O)CSCc2ccccc2)s1. The van der Waals surface area contributed by atoms with Crippen LogP contribution < -0.4 is 5.32 Å². The zero-order chi connectivity index (χ0) is 16.0. The summed E-state index contributed by atoms with van der Waals surface area (Å²) < 4.78 is 0. The van der Waals surface area contributed by atoms with Crippen molar-refractivity contribution in [3.8, 4) is 0 Å². The molecule has 2 rings (SSSR count). The van der Waals surface area contributed by atoms with Crippen LogP contribution in [-0.4, -0.2) is 21.9 Å². The van der Waals surface area contributed by atoms with Crippen LogP contribution in [0.15, 0.2) is 30.3 Å². The average molecular weight is 335 g/mol. The number of thioether (sulfide) groups is 1. The van der Waals surface area contributed by atoms with Gasteiger partial charge in [-0.15, -0.1) is 22.0 Å². The number of carbonyl (C=O) groups is 1. The molecule has 0 aliphatic rings. The summed E-state index contributed by atoms with van der Waals surface area (Å²) in [4.78, 5) is 11.9. The second-order valence-electron chi connectivity index (χ2n) is 6.26. The fraction of sp³-hybridized carbons (Fsp3) is 0.438. The smallest absolute Gasteiger partial charge is 0.236 e. The minimum absolute atomic E-state index is 0.0283. The number of amides is 1. The predicted molar refractivity (Wildman–Crippen MR) is 94.3 cm³/mol. The van der Waals surface area contributed by atoms with Crippen molar-refractivity contribution in [2.45, 2.75) is 32.9 Å². The molecule has 0 spiro atoms. The molecular weight excluding hydrogens is 314 g/mol. The Labute approximate surface area is 139 Å². The minimum Gasteiger partial charge on any atom is -0.300 e. The van der Waals surface area contributed by atoms with Crippen molar-refractivity contribution in [1.29, 1.82) is 0 Å². The number of aromatic nitrogens is 2. The summed E-state index contributed by atoms with van der Waals surface area (Å²) in [7, 11) is 0. The van der Waals surface area contributed by atoms with E-state index >= 15 is 0 Å². The van der Waals surface area contributed by atoms with Crippen LogP contribution in [0.3, 0.4) is 0 Å². The van der Waals surface area contributed by atoms with E-state index in [9.17, 15) is 4.79 Å². The number of rotatable bonds is 6. The predicted octanol–water partition coefficient (Wildman–Crippen LogP) is 4.00. The molecule has 1 amide bonds. The van der Waals surface area contributed by atoms with E-state index < -0.39 is 0 Å². The third kappa shape index (κ3) is 6.15. The van der Waals surface area contributed by atoms with E-state index in [0.717, 1.165) is 17.2 Å². The van der Waals surface area contributed by atoms with Gasteiger partial charge in [-0.2, -0.15) is 0 Å². The summed E-state index contributed by atoms with van der Waals surface area (Å²) in [5.41, 5.74) is 1.40. The lowest BCUT2D eigenvalue weighted by atomic mass is 9.93. The standard InChI is InChI=1S/C16H21N3OS2/c1-16(2,3)9-14-18-19-15(22-14)17-13(20)11-21-10-12-7-5-4-6-8-12/h4-8H,9-11H2,1-3H3,(H,17,19,20). The molecule has 1 heterocycles. The Morgan fingerprint density at radius 1 is 1.23 bits per heavy atom. The van der Waals surface area contributed by atoms with Gasteiger partial charge in [0.25, 0.3) is 0 Å². The lowest BCUT2D eigenvalue weighted by molar-refractivity contribution is -0.113. The number of hydrogen-bond donors (Lipinski definition) is 1. The maximum absolute atomic E-state index is 11.9. The summed E-state index contributed by atoms with van der Waals surface area (Å²) in [6.45, 7) is 6.48. The van der Waals surface area contributed by atoms with Crippen LogP contribution in [0.25, 0.3) is 0 Å². The zero-order valence-corrected chi connectivity index (χ0v) is 14.8. The first-order chi connectivity index (χ1) is 10.4. The van der Waals surface area contributed by atoms with E-state index in [2.05, 4.69) is 48.4 Å². The molecule has 4 nitrogen and oxygen atoms in total. The van der Waals surface area contributed by atoms with E-state index in [0.29, 0.717) is 10.9 Å². The van der Waals surface area contributed by atoms with Gasteiger partial charge < -0.3 is 0 Å². The van der Waals surface area contributed by atoms with Crippen molar-refractivity contribution in [2.24, 2.45) is 5.41 Å². The number of hydrogen-bond acceptors (Lipinski definition) is 5. The van der Waals surface area contributed by atoms with Crippen molar-refractivity contribution in [3.63, 3.8) is 0 Å². The first-order valence-electron chi connectivity index (χ1n) is 7.16. The van der Waals surface area contributed by atoms with Gasteiger partial charge in [-0.1, -0.05) is 62.4 Å². The second kappa shape index (κ2) is 7.74. The van der Waals surface area contributed by atoms with E-state index in [1.165, 1.54) is 16.9 Å². The summed E-state index contributed by atoms with van der Waals surface area (Å²) in [6.07, 6.45) is 0.864. The van der Waals surface area contributed by atoms with Gasteiger partial charge in [-0.25, -0.2) is 0 Å². The maximum Gasteiger partial charge on any atom is 0.236 e. The van der Waals surface area contributed by atoms with Crippen LogP contribution in [0.5, 0.6) is 0 Å². The number of benzene rings is 1. The molecule has 0 bridgehead atoms. The normalized spacial score (nSPS) is 11.4. The quantitative estimate of drug-likeness (QED) is 0.867. The van der Waals surface area contributed by atoms with Crippen molar-refractivity contribution in [2.75, 3.05) is 11.1 Å². The molecule has 6 heteroatoms. The number of anilines is 1. The van der Waals surface area contributed by atoms with Gasteiger partial charge in [-0.3, -0.25) is 10.1 Å². The fourth-order valence-corrected chi connectivity index (χ4v) is 3.66. The molecule has 0 saturated heterocycles. The molecule has 22 heavy (non-hydrogen) atoms. The molecular formula is C16H21N3OS2. The monoisotopic (exact) mass is 335 g/mol. The van der Waals surface area contributed by atoms with Crippen LogP contribution in [0.2, 0.25) is 0 Å². The third-order valence-corrected chi connectivity index (χ3v) is 4.58. The highest BCUT2D eigenvalue weighted by molar-refractivity contribution is 7.99. The molecule has 0 aliphatic carbocycles. The van der Waals surface area contributed by atoms with Crippen LogP contribution >= 0.6 is 23.1 Å². The molecule has 0 radical (unpaired) electrons. The maximum atomic E-state index is 11.9. The molecule has 0 aliphatic heterocycles. The van der Waals surface area contributed by atoms with Crippen molar-refractivity contribution < 1.29 is 4.79 Å². The molecule has 1 aromatic heterocycles. The lowest BCUT2D eigenvalue weighted by Crippen LogP contribution is -2.13. The molecule has 0 atom stereocenters. The van der Waals surface area contributed by atoms with E-state index in [1.54, 1.807) is 11.8 Å². The Morgan fingerprint density at radius 2 is 1.95 bits per heavy atom. The first-order valence-corrected chi connectivity index (χ1v) is 9.13. The largest absolute Gasteiger partial charge is 0.300 e. The number of nitrogens with zero attached hydrogens (tertiary/aromatic N) is 2. The van der Waals surface area contributed by atoms with Gasteiger partial charge in [0.2, 0.25) is 11.0 Å². The highest BCUT2D eigenvalue weighted by atomic mass is 32.2. The van der Waals surface area contributed by atoms with Crippen LogP contribution in [0.4, 0.5) is 5.13 Å². The first kappa shape index (κ1) is 17.0. The van der Waals surface area contributed by atoms with Gasteiger partial charge in [0, 0.05) is 12.2 Å². The third-order valence-electron chi connectivity index (χ3n) is 2.74. The Bertz CT molecular complexity index is 605. The van der Waals surface area contributed by atoms with Gasteiger partial charge in [0.15, 0.2) is 0 Å². The Morgan fingerprint density at radius 3 is 2.64 bits per heavy atom. The number of nitrogens with one attached hydrogen (secondary N) is 1. The highest BCUT2D eigenvalue weighted by Gasteiger charge is 2.15. The average Bonchev–Trinajstić information content (AvgIpc) is 2.84.